The van der Waals surface area contributed by atoms with Crippen molar-refractivity contribution in [3.05, 3.63) is 48.3 Å². The lowest BCUT2D eigenvalue weighted by Crippen LogP contribution is -2.52. The Hall–Kier alpha value is -2.85. The maximum absolute atomic E-state index is 14.1. The molecule has 1 amide bonds. The number of sulfonamides is 1. The fourth-order valence-electron chi connectivity index (χ4n) is 4.60. The summed E-state index contributed by atoms with van der Waals surface area (Å²) in [5.74, 6) is 0.391. The Morgan fingerprint density at radius 3 is 2.18 bits per heavy atom. The zero-order valence-corrected chi connectivity index (χ0v) is 20.3. The van der Waals surface area contributed by atoms with Crippen LogP contribution in [0.2, 0.25) is 0 Å². The van der Waals surface area contributed by atoms with Gasteiger partial charge in [-0.05, 0) is 37.1 Å². The van der Waals surface area contributed by atoms with Crippen LogP contribution in [0.15, 0.2) is 47.4 Å². The van der Waals surface area contributed by atoms with Gasteiger partial charge >= 0.3 is 0 Å². The van der Waals surface area contributed by atoms with E-state index < -0.39 is 10.0 Å². The molecular formula is C24H30FN3O5S. The van der Waals surface area contributed by atoms with E-state index in [0.29, 0.717) is 56.2 Å². The first kappa shape index (κ1) is 24.3. The van der Waals surface area contributed by atoms with Gasteiger partial charge in [-0.15, -0.1) is 0 Å². The van der Waals surface area contributed by atoms with Crippen LogP contribution >= 0.6 is 0 Å². The van der Waals surface area contributed by atoms with Crippen molar-refractivity contribution in [1.29, 1.82) is 0 Å². The number of carbonyl (C=O) groups excluding carboxylic acids is 1. The molecule has 2 aromatic carbocycles. The lowest BCUT2D eigenvalue weighted by molar-refractivity contribution is -0.137. The van der Waals surface area contributed by atoms with Crippen molar-refractivity contribution in [1.82, 2.24) is 9.21 Å². The van der Waals surface area contributed by atoms with Crippen LogP contribution in [0.1, 0.15) is 12.8 Å². The molecule has 0 radical (unpaired) electrons. The average molecular weight is 492 g/mol. The van der Waals surface area contributed by atoms with Crippen molar-refractivity contribution < 1.29 is 27.1 Å². The third-order valence-electron chi connectivity index (χ3n) is 6.58. The van der Waals surface area contributed by atoms with Crippen molar-refractivity contribution in [2.24, 2.45) is 5.92 Å². The predicted molar refractivity (Wildman–Crippen MR) is 126 cm³/mol. The molecule has 2 aliphatic heterocycles. The highest BCUT2D eigenvalue weighted by Gasteiger charge is 2.35. The normalized spacial score (nSPS) is 18.1. The Morgan fingerprint density at radius 2 is 1.56 bits per heavy atom. The van der Waals surface area contributed by atoms with E-state index in [9.17, 15) is 17.6 Å². The van der Waals surface area contributed by atoms with Gasteiger partial charge in [0.1, 0.15) is 5.82 Å². The molecule has 10 heteroatoms. The number of benzene rings is 2. The van der Waals surface area contributed by atoms with Gasteiger partial charge in [0.05, 0.1) is 24.8 Å². The summed E-state index contributed by atoms with van der Waals surface area (Å²) in [5.41, 5.74) is 0.559. The van der Waals surface area contributed by atoms with E-state index in [4.69, 9.17) is 9.47 Å². The number of anilines is 1. The van der Waals surface area contributed by atoms with Gasteiger partial charge in [0.25, 0.3) is 0 Å². The van der Waals surface area contributed by atoms with Crippen LogP contribution in [0.25, 0.3) is 0 Å². The van der Waals surface area contributed by atoms with Gasteiger partial charge < -0.3 is 19.3 Å². The van der Waals surface area contributed by atoms with E-state index in [1.165, 1.54) is 36.7 Å². The summed E-state index contributed by atoms with van der Waals surface area (Å²) in [6, 6.07) is 11.2. The molecule has 2 heterocycles. The summed E-state index contributed by atoms with van der Waals surface area (Å²) in [6.07, 6.45) is 0.942. The molecule has 0 aromatic heterocycles. The Balaban J connectivity index is 1.34. The van der Waals surface area contributed by atoms with Crippen LogP contribution in [0, 0.1) is 11.7 Å². The maximum Gasteiger partial charge on any atom is 0.243 e. The molecule has 34 heavy (non-hydrogen) atoms. The van der Waals surface area contributed by atoms with Gasteiger partial charge in [0, 0.05) is 51.3 Å². The lowest BCUT2D eigenvalue weighted by Gasteiger charge is -2.39. The lowest BCUT2D eigenvalue weighted by atomic mass is 9.96. The van der Waals surface area contributed by atoms with E-state index in [1.807, 2.05) is 9.80 Å². The topological polar surface area (TPSA) is 79.4 Å². The van der Waals surface area contributed by atoms with E-state index >= 15 is 0 Å². The van der Waals surface area contributed by atoms with Gasteiger partial charge in [0.2, 0.25) is 15.9 Å². The molecule has 8 nitrogen and oxygen atoms in total. The number of carbonyl (C=O) groups is 1. The van der Waals surface area contributed by atoms with Crippen LogP contribution in [-0.2, 0) is 14.8 Å². The first-order valence-electron chi connectivity index (χ1n) is 11.4. The fraction of sp³-hybridized carbons (Fsp3) is 0.458. The summed E-state index contributed by atoms with van der Waals surface area (Å²) in [4.78, 5) is 17.0. The third-order valence-corrected chi connectivity index (χ3v) is 8.48. The number of hydrogen-bond donors (Lipinski definition) is 0. The first-order chi connectivity index (χ1) is 16.3. The van der Waals surface area contributed by atoms with Crippen molar-refractivity contribution in [3.8, 4) is 11.5 Å². The van der Waals surface area contributed by atoms with E-state index in [2.05, 4.69) is 0 Å². The quantitative estimate of drug-likeness (QED) is 0.618. The maximum atomic E-state index is 14.1. The molecule has 0 atom stereocenters. The van der Waals surface area contributed by atoms with Gasteiger partial charge in [-0.3, -0.25) is 4.79 Å². The van der Waals surface area contributed by atoms with Crippen molar-refractivity contribution >= 4 is 21.6 Å². The molecular weight excluding hydrogens is 461 g/mol. The Kier molecular flexibility index (Phi) is 7.27. The molecule has 2 saturated heterocycles. The van der Waals surface area contributed by atoms with Crippen LogP contribution in [0.4, 0.5) is 10.1 Å². The molecule has 0 bridgehead atoms. The second-order valence-electron chi connectivity index (χ2n) is 8.46. The second kappa shape index (κ2) is 10.2. The molecule has 0 unspecified atom stereocenters. The molecule has 2 aliphatic rings. The number of halogens is 1. The minimum atomic E-state index is -3.70. The van der Waals surface area contributed by atoms with E-state index in [0.717, 1.165) is 0 Å². The van der Waals surface area contributed by atoms with Crippen molar-refractivity contribution in [2.75, 3.05) is 58.4 Å². The molecule has 2 aromatic rings. The monoisotopic (exact) mass is 491 g/mol. The summed E-state index contributed by atoms with van der Waals surface area (Å²) < 4.78 is 52.2. The number of ether oxygens (including phenoxy) is 2. The van der Waals surface area contributed by atoms with Gasteiger partial charge in [-0.2, -0.15) is 4.31 Å². The summed E-state index contributed by atoms with van der Waals surface area (Å²) in [5, 5.41) is 0. The largest absolute Gasteiger partial charge is 0.493 e. The van der Waals surface area contributed by atoms with Crippen molar-refractivity contribution in [2.45, 2.75) is 17.7 Å². The number of para-hydroxylation sites is 1. The van der Waals surface area contributed by atoms with Crippen LogP contribution in [0.5, 0.6) is 11.5 Å². The van der Waals surface area contributed by atoms with Gasteiger partial charge in [0.15, 0.2) is 11.5 Å². The van der Waals surface area contributed by atoms with Crippen LogP contribution < -0.4 is 14.4 Å². The second-order valence-corrected chi connectivity index (χ2v) is 10.4. The molecule has 0 aliphatic carbocycles. The highest BCUT2D eigenvalue weighted by molar-refractivity contribution is 7.89. The van der Waals surface area contributed by atoms with Crippen LogP contribution in [-0.4, -0.2) is 77.0 Å². The Morgan fingerprint density at radius 1 is 0.912 bits per heavy atom. The predicted octanol–water partition coefficient (Wildman–Crippen LogP) is 2.59. The molecule has 184 valence electrons. The molecule has 0 saturated carbocycles. The molecule has 0 spiro atoms. The number of amides is 1. The Labute approximate surface area is 199 Å². The third kappa shape index (κ3) is 4.83. The molecule has 2 fully saturated rings. The number of hydrogen-bond acceptors (Lipinski definition) is 6. The summed E-state index contributed by atoms with van der Waals surface area (Å²) in [7, 11) is -0.751. The highest BCUT2D eigenvalue weighted by Crippen LogP contribution is 2.32. The van der Waals surface area contributed by atoms with Crippen molar-refractivity contribution in [3.63, 3.8) is 0 Å². The smallest absolute Gasteiger partial charge is 0.243 e. The summed E-state index contributed by atoms with van der Waals surface area (Å²) >= 11 is 0. The average Bonchev–Trinajstić information content (AvgIpc) is 2.88. The highest BCUT2D eigenvalue weighted by atomic mass is 32.2. The minimum absolute atomic E-state index is 0.0522. The fourth-order valence-corrected chi connectivity index (χ4v) is 6.09. The number of methoxy groups -OCH3 is 2. The first-order valence-corrected chi connectivity index (χ1v) is 12.8. The minimum Gasteiger partial charge on any atom is -0.493 e. The van der Waals surface area contributed by atoms with E-state index in [1.54, 1.807) is 24.3 Å². The number of piperazine rings is 1. The number of rotatable bonds is 6. The number of nitrogens with zero attached hydrogens (tertiary/aromatic N) is 3. The van der Waals surface area contributed by atoms with Crippen LogP contribution in [0.3, 0.4) is 0 Å². The van der Waals surface area contributed by atoms with E-state index in [-0.39, 0.29) is 35.6 Å². The standard InChI is InChI=1S/C24H30FN3O5S/c1-32-22-8-7-19(17-23(22)33-2)34(30,31)28-11-9-18(10-12-28)24(29)27-15-13-26(14-16-27)21-6-4-3-5-20(21)25/h3-8,17-18H,9-16H2,1-2H3. The molecule has 4 rings (SSSR count). The summed E-state index contributed by atoms with van der Waals surface area (Å²) in [6.45, 7) is 2.75. The Bertz CT molecular complexity index is 1130. The zero-order chi connectivity index (χ0) is 24.3. The number of piperidine rings is 1. The van der Waals surface area contributed by atoms with Gasteiger partial charge in [-0.25, -0.2) is 12.8 Å². The molecule has 0 N–H and O–H groups in total. The SMILES string of the molecule is COc1ccc(S(=O)(=O)N2CCC(C(=O)N3CCN(c4ccccc4F)CC3)CC2)cc1OC. The van der Waals surface area contributed by atoms with Gasteiger partial charge in [-0.1, -0.05) is 12.1 Å². The zero-order valence-electron chi connectivity index (χ0n) is 19.4.